The second-order valence-electron chi connectivity index (χ2n) is 9.51. The van der Waals surface area contributed by atoms with Crippen molar-refractivity contribution in [2.75, 3.05) is 20.2 Å². The van der Waals surface area contributed by atoms with Gasteiger partial charge in [0, 0.05) is 56.1 Å². The minimum Gasteiger partial charge on any atom is -0.496 e. The smallest absolute Gasteiger partial charge is 0.128 e. The molecule has 35 heavy (non-hydrogen) atoms. The zero-order valence-corrected chi connectivity index (χ0v) is 20.9. The maximum Gasteiger partial charge on any atom is 0.128 e. The Labute approximate surface area is 208 Å². The average molecular weight is 470 g/mol. The number of fused-ring (bicyclic) bond motifs is 1. The molecule has 6 heteroatoms. The number of H-pyrrole nitrogens is 1. The molecule has 2 aromatic heterocycles. The summed E-state index contributed by atoms with van der Waals surface area (Å²) in [5.74, 6) is 3.57. The van der Waals surface area contributed by atoms with Crippen LogP contribution >= 0.6 is 0 Å². The van der Waals surface area contributed by atoms with Crippen LogP contribution in [0.3, 0.4) is 0 Å². The first-order valence-electron chi connectivity index (χ1n) is 12.7. The third-order valence-corrected chi connectivity index (χ3v) is 7.22. The number of aromatic nitrogens is 4. The molecule has 1 aliphatic rings. The fourth-order valence-corrected chi connectivity index (χ4v) is 5.13. The van der Waals surface area contributed by atoms with E-state index in [-0.39, 0.29) is 0 Å². The van der Waals surface area contributed by atoms with Gasteiger partial charge in [-0.15, -0.1) is 0 Å². The molecule has 2 atom stereocenters. The van der Waals surface area contributed by atoms with E-state index in [9.17, 15) is 0 Å². The minimum absolute atomic E-state index is 0.295. The maximum absolute atomic E-state index is 5.61. The van der Waals surface area contributed by atoms with Crippen LogP contribution in [0, 0.1) is 5.92 Å². The molecule has 5 rings (SSSR count). The van der Waals surface area contributed by atoms with Crippen LogP contribution in [0.15, 0.2) is 67.0 Å². The van der Waals surface area contributed by atoms with E-state index in [0.717, 1.165) is 61.7 Å². The molecular formula is C29H35N5O. The largest absolute Gasteiger partial charge is 0.496 e. The van der Waals surface area contributed by atoms with Gasteiger partial charge in [-0.3, -0.25) is 4.90 Å². The van der Waals surface area contributed by atoms with Gasteiger partial charge in [0.15, 0.2) is 0 Å². The number of nitrogens with one attached hydrogen (secondary N) is 1. The Morgan fingerprint density at radius 2 is 1.89 bits per heavy atom. The molecule has 1 N–H and O–H groups in total. The zero-order chi connectivity index (χ0) is 24.2. The Morgan fingerprint density at radius 1 is 1.09 bits per heavy atom. The summed E-state index contributed by atoms with van der Waals surface area (Å²) < 4.78 is 7.96. The summed E-state index contributed by atoms with van der Waals surface area (Å²) in [7, 11) is 1.72. The van der Waals surface area contributed by atoms with Crippen molar-refractivity contribution in [3.05, 3.63) is 89.9 Å². The van der Waals surface area contributed by atoms with Crippen LogP contribution < -0.4 is 4.74 Å². The number of imidazole rings is 2. The lowest BCUT2D eigenvalue weighted by atomic mass is 9.95. The number of rotatable bonds is 9. The van der Waals surface area contributed by atoms with E-state index in [4.69, 9.17) is 9.72 Å². The standard InChI is InChI=1S/C29H35N5O/c1-4-21(2)28-29-32-25(24-12-8-9-13-26(24)35-3)20-34(29)17-16-33(28)15-14-23-19-30-27(31-23)18-22-10-6-5-7-11-22/h5-13,19-21,28H,4,14-18H2,1-3H3,(H,30,31). The van der Waals surface area contributed by atoms with Gasteiger partial charge in [-0.25, -0.2) is 9.97 Å². The van der Waals surface area contributed by atoms with Gasteiger partial charge in [-0.1, -0.05) is 62.7 Å². The summed E-state index contributed by atoms with van der Waals surface area (Å²) in [6, 6.07) is 18.9. The lowest BCUT2D eigenvalue weighted by Crippen LogP contribution is -2.42. The lowest BCUT2D eigenvalue weighted by molar-refractivity contribution is 0.108. The molecule has 0 radical (unpaired) electrons. The van der Waals surface area contributed by atoms with Crippen LogP contribution in [0.2, 0.25) is 0 Å². The molecule has 0 amide bonds. The molecule has 3 heterocycles. The molecule has 0 spiro atoms. The van der Waals surface area contributed by atoms with Crippen molar-refractivity contribution in [3.8, 4) is 17.0 Å². The molecule has 0 fully saturated rings. The van der Waals surface area contributed by atoms with Crippen molar-refractivity contribution in [2.45, 2.75) is 45.7 Å². The number of para-hydroxylation sites is 1. The zero-order valence-electron chi connectivity index (χ0n) is 20.9. The Morgan fingerprint density at radius 3 is 2.69 bits per heavy atom. The number of aromatic amines is 1. The van der Waals surface area contributed by atoms with E-state index in [1.165, 1.54) is 17.1 Å². The van der Waals surface area contributed by atoms with E-state index in [0.29, 0.717) is 12.0 Å². The van der Waals surface area contributed by atoms with Crippen molar-refractivity contribution in [3.63, 3.8) is 0 Å². The van der Waals surface area contributed by atoms with Gasteiger partial charge in [0.2, 0.25) is 0 Å². The summed E-state index contributed by atoms with van der Waals surface area (Å²) in [5, 5.41) is 0. The Kier molecular flexibility index (Phi) is 7.00. The Hall–Kier alpha value is -3.38. The van der Waals surface area contributed by atoms with Crippen molar-refractivity contribution < 1.29 is 4.74 Å². The van der Waals surface area contributed by atoms with Crippen molar-refractivity contribution >= 4 is 0 Å². The van der Waals surface area contributed by atoms with E-state index < -0.39 is 0 Å². The minimum atomic E-state index is 0.295. The maximum atomic E-state index is 5.61. The second kappa shape index (κ2) is 10.5. The predicted octanol–water partition coefficient (Wildman–Crippen LogP) is 5.52. The van der Waals surface area contributed by atoms with Gasteiger partial charge < -0.3 is 14.3 Å². The van der Waals surface area contributed by atoms with E-state index in [1.807, 2.05) is 30.5 Å². The molecule has 0 bridgehead atoms. The van der Waals surface area contributed by atoms with Crippen LogP contribution in [-0.4, -0.2) is 44.6 Å². The second-order valence-corrected chi connectivity index (χ2v) is 9.51. The fourth-order valence-electron chi connectivity index (χ4n) is 5.13. The van der Waals surface area contributed by atoms with Crippen molar-refractivity contribution in [1.82, 2.24) is 24.4 Å². The summed E-state index contributed by atoms with van der Waals surface area (Å²) in [5.41, 5.74) is 4.52. The van der Waals surface area contributed by atoms with Crippen molar-refractivity contribution in [1.29, 1.82) is 0 Å². The van der Waals surface area contributed by atoms with Crippen molar-refractivity contribution in [2.24, 2.45) is 5.92 Å². The van der Waals surface area contributed by atoms with Crippen LogP contribution in [0.1, 0.15) is 49.2 Å². The number of hydrogen-bond donors (Lipinski definition) is 1. The summed E-state index contributed by atoms with van der Waals surface area (Å²) in [6.07, 6.45) is 7.10. The van der Waals surface area contributed by atoms with Gasteiger partial charge in [0.05, 0.1) is 18.8 Å². The monoisotopic (exact) mass is 469 g/mol. The highest BCUT2D eigenvalue weighted by Gasteiger charge is 2.33. The Balaban J connectivity index is 1.32. The predicted molar refractivity (Wildman–Crippen MR) is 140 cm³/mol. The molecule has 182 valence electrons. The van der Waals surface area contributed by atoms with E-state index in [2.05, 4.69) is 69.8 Å². The third kappa shape index (κ3) is 5.03. The molecule has 1 aliphatic heterocycles. The normalized spacial score (nSPS) is 16.7. The fraction of sp³-hybridized carbons (Fsp3) is 0.379. The summed E-state index contributed by atoms with van der Waals surface area (Å²) in [4.78, 5) is 15.9. The summed E-state index contributed by atoms with van der Waals surface area (Å²) >= 11 is 0. The highest BCUT2D eigenvalue weighted by molar-refractivity contribution is 5.66. The highest BCUT2D eigenvalue weighted by atomic mass is 16.5. The van der Waals surface area contributed by atoms with E-state index in [1.54, 1.807) is 7.11 Å². The van der Waals surface area contributed by atoms with E-state index >= 15 is 0 Å². The number of ether oxygens (including phenoxy) is 1. The lowest BCUT2D eigenvalue weighted by Gasteiger charge is -2.39. The molecule has 4 aromatic rings. The van der Waals surface area contributed by atoms with Gasteiger partial charge >= 0.3 is 0 Å². The topological polar surface area (TPSA) is 59.0 Å². The number of hydrogen-bond acceptors (Lipinski definition) is 4. The van der Waals surface area contributed by atoms with Crippen LogP contribution in [0.5, 0.6) is 5.75 Å². The molecular weight excluding hydrogens is 434 g/mol. The quantitative estimate of drug-likeness (QED) is 0.351. The number of benzene rings is 2. The molecule has 0 saturated carbocycles. The molecule has 6 nitrogen and oxygen atoms in total. The van der Waals surface area contributed by atoms with Crippen LogP contribution in [0.4, 0.5) is 0 Å². The average Bonchev–Trinajstić information content (AvgIpc) is 3.54. The first-order valence-corrected chi connectivity index (χ1v) is 12.7. The van der Waals surface area contributed by atoms with Gasteiger partial charge in [0.25, 0.3) is 0 Å². The van der Waals surface area contributed by atoms with Crippen LogP contribution in [0.25, 0.3) is 11.3 Å². The summed E-state index contributed by atoms with van der Waals surface area (Å²) in [6.45, 7) is 7.58. The number of nitrogens with zero attached hydrogens (tertiary/aromatic N) is 4. The first kappa shape index (κ1) is 23.4. The van der Waals surface area contributed by atoms with Gasteiger partial charge in [-0.2, -0.15) is 0 Å². The van der Waals surface area contributed by atoms with Crippen LogP contribution in [-0.2, 0) is 19.4 Å². The SMILES string of the molecule is CCC(C)C1c2nc(-c3ccccc3OC)cn2CCN1CCc1cnc(Cc2ccccc2)[nH]1. The third-order valence-electron chi connectivity index (χ3n) is 7.22. The molecule has 0 aliphatic carbocycles. The molecule has 2 aromatic carbocycles. The molecule has 2 unspecified atom stereocenters. The first-order chi connectivity index (χ1) is 17.2. The highest BCUT2D eigenvalue weighted by Crippen LogP contribution is 2.36. The number of methoxy groups -OCH3 is 1. The van der Waals surface area contributed by atoms with Gasteiger partial charge in [0.1, 0.15) is 17.4 Å². The van der Waals surface area contributed by atoms with Gasteiger partial charge in [-0.05, 0) is 23.6 Å². The molecule has 0 saturated heterocycles. The Bertz CT molecular complexity index is 1240.